The van der Waals surface area contributed by atoms with E-state index in [2.05, 4.69) is 27.9 Å². The van der Waals surface area contributed by atoms with Gasteiger partial charge in [-0.05, 0) is 44.6 Å². The Morgan fingerprint density at radius 3 is 2.79 bits per heavy atom. The number of carbonyl (C=O) groups is 1. The minimum Gasteiger partial charge on any atom is -0.459 e. The molecule has 6 nitrogen and oxygen atoms in total. The largest absolute Gasteiger partial charge is 0.459 e. The van der Waals surface area contributed by atoms with Crippen LogP contribution in [0.1, 0.15) is 37.2 Å². The zero-order valence-electron chi connectivity index (χ0n) is 14.3. The lowest BCUT2D eigenvalue weighted by atomic mass is 10.1. The Kier molecular flexibility index (Phi) is 9.57. The molecule has 1 atom stereocenters. The van der Waals surface area contributed by atoms with Crippen LogP contribution in [0.15, 0.2) is 27.8 Å². The van der Waals surface area contributed by atoms with E-state index < -0.39 is 0 Å². The number of amides is 1. The molecule has 0 aliphatic carbocycles. The smallest absolute Gasteiger partial charge is 0.287 e. The first kappa shape index (κ1) is 21.1. The quantitative estimate of drug-likeness (QED) is 0.249. The van der Waals surface area contributed by atoms with Crippen molar-refractivity contribution in [3.05, 3.63) is 24.2 Å². The van der Waals surface area contributed by atoms with Gasteiger partial charge in [-0.2, -0.15) is 11.8 Å². The minimum absolute atomic E-state index is 0. The number of rotatable bonds is 7. The number of nitrogens with zero attached hydrogens (tertiary/aromatic N) is 1. The lowest BCUT2D eigenvalue weighted by Gasteiger charge is -2.21. The number of furan rings is 1. The summed E-state index contributed by atoms with van der Waals surface area (Å²) in [5, 5.41) is 9.29. The van der Waals surface area contributed by atoms with Crippen molar-refractivity contribution in [3.8, 4) is 0 Å². The van der Waals surface area contributed by atoms with Crippen LogP contribution in [0, 0.1) is 0 Å². The monoisotopic (exact) mass is 466 g/mol. The molecule has 1 aromatic heterocycles. The van der Waals surface area contributed by atoms with E-state index in [9.17, 15) is 4.79 Å². The Morgan fingerprint density at radius 2 is 2.17 bits per heavy atom. The fourth-order valence-electron chi connectivity index (χ4n) is 2.40. The van der Waals surface area contributed by atoms with Crippen LogP contribution in [0.3, 0.4) is 0 Å². The van der Waals surface area contributed by atoms with Gasteiger partial charge in [0.15, 0.2) is 11.7 Å². The molecule has 136 valence electrons. The van der Waals surface area contributed by atoms with E-state index in [4.69, 9.17) is 4.42 Å². The molecular weight excluding hydrogens is 439 g/mol. The highest BCUT2D eigenvalue weighted by molar-refractivity contribution is 14.0. The number of halogens is 1. The SMILES string of the molecule is CCNC(=NCC1(C)CCCS1)NCCNC(=O)c1ccco1.I. The van der Waals surface area contributed by atoms with Gasteiger partial charge in [0.05, 0.1) is 12.8 Å². The fourth-order valence-corrected chi connectivity index (χ4v) is 3.63. The molecule has 1 aromatic rings. The standard InChI is InChI=1S/C16H26N4O2S.HI/c1-3-17-15(20-12-16(2)7-5-11-23-16)19-9-8-18-14(21)13-6-4-10-22-13;/h4,6,10H,3,5,7-9,11-12H2,1-2H3,(H,18,21)(H2,17,19,20);1H. The highest BCUT2D eigenvalue weighted by Gasteiger charge is 2.29. The topological polar surface area (TPSA) is 78.7 Å². The van der Waals surface area contributed by atoms with Crippen LogP contribution in [0.4, 0.5) is 0 Å². The molecule has 0 aromatic carbocycles. The van der Waals surface area contributed by atoms with Gasteiger partial charge in [-0.1, -0.05) is 0 Å². The summed E-state index contributed by atoms with van der Waals surface area (Å²) in [4.78, 5) is 16.4. The maximum atomic E-state index is 11.7. The van der Waals surface area contributed by atoms with Crippen molar-refractivity contribution in [1.82, 2.24) is 16.0 Å². The molecule has 1 saturated heterocycles. The van der Waals surface area contributed by atoms with Crippen LogP contribution in [0.2, 0.25) is 0 Å². The first-order chi connectivity index (χ1) is 11.1. The van der Waals surface area contributed by atoms with Gasteiger partial charge in [-0.25, -0.2) is 0 Å². The summed E-state index contributed by atoms with van der Waals surface area (Å²) in [7, 11) is 0. The first-order valence-corrected chi connectivity index (χ1v) is 9.09. The van der Waals surface area contributed by atoms with Crippen LogP contribution in [-0.2, 0) is 0 Å². The maximum Gasteiger partial charge on any atom is 0.287 e. The van der Waals surface area contributed by atoms with Crippen molar-refractivity contribution in [2.75, 3.05) is 31.9 Å². The summed E-state index contributed by atoms with van der Waals surface area (Å²) in [6.07, 6.45) is 3.99. The van der Waals surface area contributed by atoms with Gasteiger partial charge in [0, 0.05) is 24.4 Å². The number of hydrogen-bond acceptors (Lipinski definition) is 4. The Bertz CT molecular complexity index is 516. The van der Waals surface area contributed by atoms with Gasteiger partial charge in [-0.3, -0.25) is 9.79 Å². The van der Waals surface area contributed by atoms with E-state index in [1.165, 1.54) is 24.9 Å². The summed E-state index contributed by atoms with van der Waals surface area (Å²) in [6, 6.07) is 3.35. The van der Waals surface area contributed by atoms with Crippen LogP contribution in [-0.4, -0.2) is 48.5 Å². The third kappa shape index (κ3) is 6.92. The van der Waals surface area contributed by atoms with E-state index in [1.807, 2.05) is 18.7 Å². The van der Waals surface area contributed by atoms with Gasteiger partial charge in [0.25, 0.3) is 5.91 Å². The van der Waals surface area contributed by atoms with Crippen molar-refractivity contribution in [3.63, 3.8) is 0 Å². The molecule has 1 unspecified atom stereocenters. The van der Waals surface area contributed by atoms with Crippen molar-refractivity contribution in [2.45, 2.75) is 31.4 Å². The number of thioether (sulfide) groups is 1. The summed E-state index contributed by atoms with van der Waals surface area (Å²) in [6.45, 7) is 7.07. The summed E-state index contributed by atoms with van der Waals surface area (Å²) in [5.41, 5.74) is 0. The Labute approximate surface area is 165 Å². The normalized spacial score (nSPS) is 20.3. The zero-order chi connectivity index (χ0) is 16.5. The van der Waals surface area contributed by atoms with Crippen molar-refractivity contribution >= 4 is 47.6 Å². The van der Waals surface area contributed by atoms with Gasteiger partial charge < -0.3 is 20.4 Å². The highest BCUT2D eigenvalue weighted by Crippen LogP contribution is 2.37. The second-order valence-corrected chi connectivity index (χ2v) is 7.44. The molecule has 1 amide bonds. The lowest BCUT2D eigenvalue weighted by Crippen LogP contribution is -2.42. The van der Waals surface area contributed by atoms with Gasteiger partial charge in [0.1, 0.15) is 0 Å². The van der Waals surface area contributed by atoms with E-state index in [1.54, 1.807) is 12.1 Å². The van der Waals surface area contributed by atoms with Crippen molar-refractivity contribution in [2.24, 2.45) is 4.99 Å². The first-order valence-electron chi connectivity index (χ1n) is 8.11. The molecule has 2 rings (SSSR count). The molecule has 1 aliphatic rings. The number of nitrogens with one attached hydrogen (secondary N) is 3. The lowest BCUT2D eigenvalue weighted by molar-refractivity contribution is 0.0926. The van der Waals surface area contributed by atoms with Crippen LogP contribution in [0.25, 0.3) is 0 Å². The van der Waals surface area contributed by atoms with Gasteiger partial charge >= 0.3 is 0 Å². The predicted octanol–water partition coefficient (Wildman–Crippen LogP) is 2.47. The second-order valence-electron chi connectivity index (χ2n) is 5.76. The zero-order valence-corrected chi connectivity index (χ0v) is 17.4. The van der Waals surface area contributed by atoms with Gasteiger partial charge in [-0.15, -0.1) is 24.0 Å². The molecule has 0 spiro atoms. The van der Waals surface area contributed by atoms with E-state index >= 15 is 0 Å². The average molecular weight is 466 g/mol. The number of guanidine groups is 1. The third-order valence-electron chi connectivity index (χ3n) is 3.66. The van der Waals surface area contributed by atoms with Crippen molar-refractivity contribution < 1.29 is 9.21 Å². The Morgan fingerprint density at radius 1 is 1.38 bits per heavy atom. The summed E-state index contributed by atoms with van der Waals surface area (Å²) in [5.74, 6) is 2.16. The molecule has 8 heteroatoms. The predicted molar refractivity (Wildman–Crippen MR) is 111 cm³/mol. The molecule has 2 heterocycles. The molecule has 3 N–H and O–H groups in total. The molecule has 0 saturated carbocycles. The maximum absolute atomic E-state index is 11.7. The summed E-state index contributed by atoms with van der Waals surface area (Å²) >= 11 is 2.01. The summed E-state index contributed by atoms with van der Waals surface area (Å²) < 4.78 is 5.31. The third-order valence-corrected chi connectivity index (χ3v) is 5.19. The molecule has 0 bridgehead atoms. The Hall–Kier alpha value is -0.900. The van der Waals surface area contributed by atoms with E-state index in [-0.39, 0.29) is 34.6 Å². The van der Waals surface area contributed by atoms with Crippen molar-refractivity contribution in [1.29, 1.82) is 0 Å². The van der Waals surface area contributed by atoms with Crippen LogP contribution < -0.4 is 16.0 Å². The molecule has 1 aliphatic heterocycles. The number of hydrogen-bond donors (Lipinski definition) is 3. The van der Waals surface area contributed by atoms with Gasteiger partial charge in [0.2, 0.25) is 0 Å². The number of carbonyl (C=O) groups excluding carboxylic acids is 1. The molecule has 24 heavy (non-hydrogen) atoms. The molecule has 1 fully saturated rings. The second kappa shape index (κ2) is 10.9. The van der Waals surface area contributed by atoms with E-state index in [0.717, 1.165) is 19.0 Å². The molecule has 0 radical (unpaired) electrons. The minimum atomic E-state index is -0.200. The average Bonchev–Trinajstić information content (AvgIpc) is 3.21. The number of aliphatic imine (C=N–C) groups is 1. The highest BCUT2D eigenvalue weighted by atomic mass is 127. The fraction of sp³-hybridized carbons (Fsp3) is 0.625. The van der Waals surface area contributed by atoms with E-state index in [0.29, 0.717) is 18.8 Å². The van der Waals surface area contributed by atoms with Crippen LogP contribution in [0.5, 0.6) is 0 Å². The Balaban J connectivity index is 0.00000288. The molecular formula is C16H27IN4O2S. The van der Waals surface area contributed by atoms with Crippen LogP contribution >= 0.6 is 35.7 Å².